The van der Waals surface area contributed by atoms with Crippen LogP contribution in [-0.2, 0) is 0 Å². The van der Waals surface area contributed by atoms with Crippen LogP contribution in [0, 0.1) is 17.3 Å². The van der Waals surface area contributed by atoms with E-state index < -0.39 is 0 Å². The smallest absolute Gasteiger partial charge is 0.00409 e. The highest BCUT2D eigenvalue weighted by atomic mass is 15.2. The van der Waals surface area contributed by atoms with E-state index in [1.807, 2.05) is 0 Å². The molecule has 104 valence electrons. The first-order valence-corrected chi connectivity index (χ1v) is 8.08. The molecule has 2 saturated heterocycles. The van der Waals surface area contributed by atoms with Gasteiger partial charge in [-0.25, -0.2) is 0 Å². The van der Waals surface area contributed by atoms with Crippen LogP contribution in [0.25, 0.3) is 0 Å². The summed E-state index contributed by atoms with van der Waals surface area (Å²) in [5, 5.41) is 0. The summed E-state index contributed by atoms with van der Waals surface area (Å²) in [6, 6.07) is 0.745. The molecular weight excluding hydrogens is 220 g/mol. The Balaban J connectivity index is 1.65. The van der Waals surface area contributed by atoms with E-state index in [1.165, 1.54) is 58.4 Å². The fourth-order valence-electron chi connectivity index (χ4n) is 4.97. The second-order valence-corrected chi connectivity index (χ2v) is 7.45. The first kappa shape index (κ1) is 12.9. The van der Waals surface area contributed by atoms with Crippen molar-refractivity contribution in [2.24, 2.45) is 17.3 Å². The normalized spacial score (nSPS) is 42.0. The second kappa shape index (κ2) is 4.79. The van der Waals surface area contributed by atoms with Gasteiger partial charge in [-0.2, -0.15) is 0 Å². The maximum Gasteiger partial charge on any atom is 0.00409 e. The van der Waals surface area contributed by atoms with E-state index in [4.69, 9.17) is 0 Å². The molecule has 0 radical (unpaired) electrons. The van der Waals surface area contributed by atoms with Crippen molar-refractivity contribution in [3.05, 3.63) is 0 Å². The SMILES string of the molecule is CCN1CC2CC3(CCCN(C(C)C)C3)CC2C1. The molecule has 0 N–H and O–H groups in total. The predicted molar refractivity (Wildman–Crippen MR) is 76.7 cm³/mol. The van der Waals surface area contributed by atoms with Crippen LogP contribution >= 0.6 is 0 Å². The van der Waals surface area contributed by atoms with Crippen molar-refractivity contribution in [1.29, 1.82) is 0 Å². The van der Waals surface area contributed by atoms with E-state index >= 15 is 0 Å². The summed E-state index contributed by atoms with van der Waals surface area (Å²) in [6.45, 7) is 13.8. The average molecular weight is 250 g/mol. The molecule has 0 aromatic rings. The lowest BCUT2D eigenvalue weighted by Crippen LogP contribution is -2.45. The van der Waals surface area contributed by atoms with E-state index in [9.17, 15) is 0 Å². The fraction of sp³-hybridized carbons (Fsp3) is 1.00. The molecule has 3 rings (SSSR count). The van der Waals surface area contributed by atoms with Gasteiger partial charge in [-0.05, 0) is 69.9 Å². The Morgan fingerprint density at radius 3 is 2.39 bits per heavy atom. The van der Waals surface area contributed by atoms with E-state index in [1.54, 1.807) is 0 Å². The van der Waals surface area contributed by atoms with Crippen LogP contribution in [0.2, 0.25) is 0 Å². The number of rotatable bonds is 2. The van der Waals surface area contributed by atoms with Gasteiger partial charge in [0.15, 0.2) is 0 Å². The first-order chi connectivity index (χ1) is 8.62. The Hall–Kier alpha value is -0.0800. The molecule has 0 aromatic carbocycles. The zero-order valence-corrected chi connectivity index (χ0v) is 12.5. The molecule has 1 saturated carbocycles. The summed E-state index contributed by atoms with van der Waals surface area (Å²) in [5.41, 5.74) is 0.706. The van der Waals surface area contributed by atoms with Gasteiger partial charge in [-0.3, -0.25) is 0 Å². The molecule has 0 amide bonds. The number of hydrogen-bond donors (Lipinski definition) is 0. The molecule has 2 heteroatoms. The van der Waals surface area contributed by atoms with Gasteiger partial charge in [0.1, 0.15) is 0 Å². The Kier molecular flexibility index (Phi) is 3.44. The summed E-state index contributed by atoms with van der Waals surface area (Å²) in [6.07, 6.45) is 6.00. The zero-order valence-electron chi connectivity index (χ0n) is 12.5. The van der Waals surface area contributed by atoms with E-state index in [0.29, 0.717) is 5.41 Å². The monoisotopic (exact) mass is 250 g/mol. The van der Waals surface area contributed by atoms with Crippen molar-refractivity contribution in [3.8, 4) is 0 Å². The van der Waals surface area contributed by atoms with E-state index in [2.05, 4.69) is 30.6 Å². The molecular formula is C16H30N2. The van der Waals surface area contributed by atoms with Crippen molar-refractivity contribution in [1.82, 2.24) is 9.80 Å². The van der Waals surface area contributed by atoms with Crippen molar-refractivity contribution >= 4 is 0 Å². The topological polar surface area (TPSA) is 6.48 Å². The Morgan fingerprint density at radius 2 is 1.83 bits per heavy atom. The minimum Gasteiger partial charge on any atom is -0.303 e. The van der Waals surface area contributed by atoms with Crippen LogP contribution in [0.4, 0.5) is 0 Å². The molecule has 18 heavy (non-hydrogen) atoms. The Labute approximate surface area is 113 Å². The lowest BCUT2D eigenvalue weighted by Gasteiger charge is -2.43. The predicted octanol–water partition coefficient (Wildman–Crippen LogP) is 2.84. The fourth-order valence-corrected chi connectivity index (χ4v) is 4.97. The van der Waals surface area contributed by atoms with Gasteiger partial charge in [0, 0.05) is 25.7 Å². The second-order valence-electron chi connectivity index (χ2n) is 7.45. The number of hydrogen-bond acceptors (Lipinski definition) is 2. The van der Waals surface area contributed by atoms with Crippen LogP contribution in [0.15, 0.2) is 0 Å². The standard InChI is InChI=1S/C16H30N2/c1-4-17-10-14-8-16(9-15(14)11-17)6-5-7-18(12-16)13(2)3/h13-15H,4-12H2,1-3H3. The van der Waals surface area contributed by atoms with Gasteiger partial charge in [-0.1, -0.05) is 6.92 Å². The highest BCUT2D eigenvalue weighted by molar-refractivity contribution is 5.02. The minimum atomic E-state index is 0.706. The van der Waals surface area contributed by atoms with Gasteiger partial charge in [-0.15, -0.1) is 0 Å². The largest absolute Gasteiger partial charge is 0.303 e. The maximum absolute atomic E-state index is 2.74. The quantitative estimate of drug-likeness (QED) is 0.743. The van der Waals surface area contributed by atoms with Crippen LogP contribution < -0.4 is 0 Å². The van der Waals surface area contributed by atoms with Gasteiger partial charge >= 0.3 is 0 Å². The van der Waals surface area contributed by atoms with E-state index in [-0.39, 0.29) is 0 Å². The summed E-state index contributed by atoms with van der Waals surface area (Å²) in [4.78, 5) is 5.41. The molecule has 2 aliphatic heterocycles. The molecule has 2 atom stereocenters. The third-order valence-corrected chi connectivity index (χ3v) is 5.91. The lowest BCUT2D eigenvalue weighted by molar-refractivity contribution is 0.0609. The number of likely N-dealkylation sites (tertiary alicyclic amines) is 2. The van der Waals surface area contributed by atoms with Crippen LogP contribution in [-0.4, -0.2) is 48.6 Å². The van der Waals surface area contributed by atoms with Gasteiger partial charge in [0.25, 0.3) is 0 Å². The summed E-state index contributed by atoms with van der Waals surface area (Å²) < 4.78 is 0. The van der Waals surface area contributed by atoms with Gasteiger partial charge in [0.05, 0.1) is 0 Å². The van der Waals surface area contributed by atoms with Crippen LogP contribution in [0.3, 0.4) is 0 Å². The Bertz CT molecular complexity index is 285. The molecule has 1 aliphatic carbocycles. The average Bonchev–Trinajstić information content (AvgIpc) is 2.84. The number of piperidine rings is 1. The molecule has 2 unspecified atom stereocenters. The number of fused-ring (bicyclic) bond motifs is 1. The highest BCUT2D eigenvalue weighted by Crippen LogP contribution is 2.53. The van der Waals surface area contributed by atoms with Crippen molar-refractivity contribution < 1.29 is 0 Å². The van der Waals surface area contributed by atoms with E-state index in [0.717, 1.165) is 17.9 Å². The molecule has 2 nitrogen and oxygen atoms in total. The molecule has 3 aliphatic rings. The molecule has 2 heterocycles. The van der Waals surface area contributed by atoms with Crippen LogP contribution in [0.1, 0.15) is 46.5 Å². The van der Waals surface area contributed by atoms with Gasteiger partial charge < -0.3 is 9.80 Å². The molecule has 0 aromatic heterocycles. The molecule has 1 spiro atoms. The molecule has 3 fully saturated rings. The molecule has 0 bridgehead atoms. The third kappa shape index (κ3) is 2.22. The third-order valence-electron chi connectivity index (χ3n) is 5.91. The first-order valence-electron chi connectivity index (χ1n) is 8.08. The summed E-state index contributed by atoms with van der Waals surface area (Å²) >= 11 is 0. The van der Waals surface area contributed by atoms with Crippen molar-refractivity contribution in [2.75, 3.05) is 32.7 Å². The highest BCUT2D eigenvalue weighted by Gasteiger charge is 2.50. The van der Waals surface area contributed by atoms with Crippen molar-refractivity contribution in [2.45, 2.75) is 52.5 Å². The minimum absolute atomic E-state index is 0.706. The maximum atomic E-state index is 2.74. The van der Waals surface area contributed by atoms with Crippen molar-refractivity contribution in [3.63, 3.8) is 0 Å². The Morgan fingerprint density at radius 1 is 1.17 bits per heavy atom. The summed E-state index contributed by atoms with van der Waals surface area (Å²) in [5.74, 6) is 2.05. The lowest BCUT2D eigenvalue weighted by atomic mass is 9.77. The summed E-state index contributed by atoms with van der Waals surface area (Å²) in [7, 11) is 0. The number of nitrogens with zero attached hydrogens (tertiary/aromatic N) is 2. The zero-order chi connectivity index (χ0) is 12.8. The van der Waals surface area contributed by atoms with Gasteiger partial charge in [0.2, 0.25) is 0 Å². The van der Waals surface area contributed by atoms with Crippen LogP contribution in [0.5, 0.6) is 0 Å².